The van der Waals surface area contributed by atoms with Crippen molar-refractivity contribution in [1.82, 2.24) is 15.0 Å². The molecular formula is C13H11N5. The Balaban J connectivity index is 2.05. The standard InChI is InChI=1S/C13H11N5/c14-11-7-12(17-8-16-11)18-13-10-4-2-1-3-9(10)5-6-15-13/h1-8H,(H3,14,15,16,17,18). The smallest absolute Gasteiger partial charge is 0.139 e. The van der Waals surface area contributed by atoms with E-state index in [4.69, 9.17) is 5.73 Å². The molecule has 0 saturated heterocycles. The number of hydrogen-bond acceptors (Lipinski definition) is 5. The predicted molar refractivity (Wildman–Crippen MR) is 71.5 cm³/mol. The van der Waals surface area contributed by atoms with Crippen molar-refractivity contribution in [3.63, 3.8) is 0 Å². The Kier molecular flexibility index (Phi) is 2.49. The minimum absolute atomic E-state index is 0.424. The lowest BCUT2D eigenvalue weighted by Gasteiger charge is -2.07. The Labute approximate surface area is 104 Å². The molecule has 2 aromatic heterocycles. The van der Waals surface area contributed by atoms with E-state index in [1.807, 2.05) is 30.3 Å². The molecule has 3 N–H and O–H groups in total. The highest BCUT2D eigenvalue weighted by molar-refractivity contribution is 5.92. The van der Waals surface area contributed by atoms with Crippen LogP contribution in [-0.2, 0) is 0 Å². The average Bonchev–Trinajstić information content (AvgIpc) is 2.39. The molecule has 5 nitrogen and oxygen atoms in total. The van der Waals surface area contributed by atoms with E-state index >= 15 is 0 Å². The summed E-state index contributed by atoms with van der Waals surface area (Å²) >= 11 is 0. The number of hydrogen-bond donors (Lipinski definition) is 2. The highest BCUT2D eigenvalue weighted by Gasteiger charge is 2.03. The molecular weight excluding hydrogens is 226 g/mol. The van der Waals surface area contributed by atoms with Crippen molar-refractivity contribution in [1.29, 1.82) is 0 Å². The number of aromatic nitrogens is 3. The Morgan fingerprint density at radius 1 is 1.00 bits per heavy atom. The molecule has 1 aromatic carbocycles. The summed E-state index contributed by atoms with van der Waals surface area (Å²) in [6.45, 7) is 0. The number of nitrogens with zero attached hydrogens (tertiary/aromatic N) is 3. The lowest BCUT2D eigenvalue weighted by molar-refractivity contribution is 1.17. The largest absolute Gasteiger partial charge is 0.384 e. The fraction of sp³-hybridized carbons (Fsp3) is 0. The zero-order chi connectivity index (χ0) is 12.4. The number of nitrogen functional groups attached to an aromatic ring is 1. The molecule has 18 heavy (non-hydrogen) atoms. The number of nitrogens with one attached hydrogen (secondary N) is 1. The summed E-state index contributed by atoms with van der Waals surface area (Å²) < 4.78 is 0. The van der Waals surface area contributed by atoms with Crippen LogP contribution in [0.25, 0.3) is 10.8 Å². The summed E-state index contributed by atoms with van der Waals surface area (Å²) in [7, 11) is 0. The molecule has 0 radical (unpaired) electrons. The summed E-state index contributed by atoms with van der Waals surface area (Å²) in [4.78, 5) is 12.3. The molecule has 88 valence electrons. The normalized spacial score (nSPS) is 10.4. The average molecular weight is 237 g/mol. The molecule has 2 heterocycles. The minimum Gasteiger partial charge on any atom is -0.384 e. The SMILES string of the molecule is Nc1cc(Nc2nccc3ccccc23)ncn1. The zero-order valence-electron chi connectivity index (χ0n) is 9.54. The van der Waals surface area contributed by atoms with Gasteiger partial charge in [-0.25, -0.2) is 15.0 Å². The molecule has 0 aliphatic carbocycles. The van der Waals surface area contributed by atoms with Crippen LogP contribution in [0.5, 0.6) is 0 Å². The molecule has 3 rings (SSSR count). The second-order valence-electron chi connectivity index (χ2n) is 3.83. The van der Waals surface area contributed by atoms with E-state index in [2.05, 4.69) is 20.3 Å². The maximum Gasteiger partial charge on any atom is 0.139 e. The van der Waals surface area contributed by atoms with Crippen molar-refractivity contribution >= 4 is 28.2 Å². The van der Waals surface area contributed by atoms with Gasteiger partial charge >= 0.3 is 0 Å². The lowest BCUT2D eigenvalue weighted by Crippen LogP contribution is -1.99. The minimum atomic E-state index is 0.424. The number of rotatable bonds is 2. The molecule has 0 saturated carbocycles. The second kappa shape index (κ2) is 4.29. The summed E-state index contributed by atoms with van der Waals surface area (Å²) in [5.41, 5.74) is 5.61. The second-order valence-corrected chi connectivity index (χ2v) is 3.83. The van der Waals surface area contributed by atoms with Crippen molar-refractivity contribution in [3.8, 4) is 0 Å². The number of pyridine rings is 1. The number of fused-ring (bicyclic) bond motifs is 1. The van der Waals surface area contributed by atoms with E-state index in [-0.39, 0.29) is 0 Å². The van der Waals surface area contributed by atoms with E-state index < -0.39 is 0 Å². The van der Waals surface area contributed by atoms with E-state index in [1.54, 1.807) is 12.3 Å². The summed E-state index contributed by atoms with van der Waals surface area (Å²) in [6, 6.07) is 11.7. The van der Waals surface area contributed by atoms with E-state index in [9.17, 15) is 0 Å². The Hall–Kier alpha value is -2.69. The van der Waals surface area contributed by atoms with Gasteiger partial charge in [0.15, 0.2) is 0 Å². The third-order valence-electron chi connectivity index (χ3n) is 2.61. The van der Waals surface area contributed by atoms with Crippen molar-refractivity contribution in [2.45, 2.75) is 0 Å². The highest BCUT2D eigenvalue weighted by atomic mass is 15.1. The van der Waals surface area contributed by atoms with Gasteiger partial charge < -0.3 is 11.1 Å². The zero-order valence-corrected chi connectivity index (χ0v) is 9.54. The van der Waals surface area contributed by atoms with Gasteiger partial charge in [-0.3, -0.25) is 0 Å². The van der Waals surface area contributed by atoms with Gasteiger partial charge in [0.25, 0.3) is 0 Å². The van der Waals surface area contributed by atoms with Crippen LogP contribution in [0.15, 0.2) is 48.9 Å². The van der Waals surface area contributed by atoms with Gasteiger partial charge in [-0.15, -0.1) is 0 Å². The van der Waals surface area contributed by atoms with E-state index in [0.29, 0.717) is 11.6 Å². The van der Waals surface area contributed by atoms with Gasteiger partial charge in [-0.1, -0.05) is 24.3 Å². The van der Waals surface area contributed by atoms with Gasteiger partial charge in [0, 0.05) is 17.6 Å². The van der Waals surface area contributed by atoms with Gasteiger partial charge in [-0.2, -0.15) is 0 Å². The Morgan fingerprint density at radius 2 is 1.89 bits per heavy atom. The fourth-order valence-corrected chi connectivity index (χ4v) is 1.78. The first-order chi connectivity index (χ1) is 8.83. The molecule has 0 fully saturated rings. The first-order valence-electron chi connectivity index (χ1n) is 5.51. The Morgan fingerprint density at radius 3 is 2.78 bits per heavy atom. The molecule has 0 spiro atoms. The van der Waals surface area contributed by atoms with Crippen molar-refractivity contribution in [2.24, 2.45) is 0 Å². The number of nitrogens with two attached hydrogens (primary N) is 1. The molecule has 0 bridgehead atoms. The molecule has 0 aliphatic rings. The number of benzene rings is 1. The maximum atomic E-state index is 5.61. The molecule has 0 aliphatic heterocycles. The van der Waals surface area contributed by atoms with Crippen LogP contribution in [0.1, 0.15) is 0 Å². The van der Waals surface area contributed by atoms with Crippen molar-refractivity contribution in [2.75, 3.05) is 11.1 Å². The van der Waals surface area contributed by atoms with Gasteiger partial charge in [-0.05, 0) is 11.5 Å². The van der Waals surface area contributed by atoms with Crippen LogP contribution in [0.2, 0.25) is 0 Å². The molecule has 0 atom stereocenters. The van der Waals surface area contributed by atoms with Crippen molar-refractivity contribution in [3.05, 3.63) is 48.9 Å². The lowest BCUT2D eigenvalue weighted by atomic mass is 10.1. The van der Waals surface area contributed by atoms with E-state index in [1.165, 1.54) is 6.33 Å². The monoisotopic (exact) mass is 237 g/mol. The third kappa shape index (κ3) is 1.93. The first-order valence-corrected chi connectivity index (χ1v) is 5.51. The fourth-order valence-electron chi connectivity index (χ4n) is 1.78. The topological polar surface area (TPSA) is 76.7 Å². The first kappa shape index (κ1) is 10.5. The van der Waals surface area contributed by atoms with Gasteiger partial charge in [0.1, 0.15) is 23.8 Å². The Bertz CT molecular complexity index is 690. The summed E-state index contributed by atoms with van der Waals surface area (Å²) in [6.07, 6.45) is 3.18. The van der Waals surface area contributed by atoms with Gasteiger partial charge in [0.2, 0.25) is 0 Å². The van der Waals surface area contributed by atoms with Crippen LogP contribution >= 0.6 is 0 Å². The summed E-state index contributed by atoms with van der Waals surface area (Å²) in [5.74, 6) is 1.81. The van der Waals surface area contributed by atoms with Crippen LogP contribution in [-0.4, -0.2) is 15.0 Å². The van der Waals surface area contributed by atoms with E-state index in [0.717, 1.165) is 16.6 Å². The predicted octanol–water partition coefficient (Wildman–Crippen LogP) is 2.35. The van der Waals surface area contributed by atoms with Crippen LogP contribution < -0.4 is 11.1 Å². The van der Waals surface area contributed by atoms with Crippen LogP contribution in [0.3, 0.4) is 0 Å². The molecule has 0 amide bonds. The third-order valence-corrected chi connectivity index (χ3v) is 2.61. The van der Waals surface area contributed by atoms with Crippen LogP contribution in [0.4, 0.5) is 17.5 Å². The molecule has 0 unspecified atom stereocenters. The number of anilines is 3. The van der Waals surface area contributed by atoms with Crippen molar-refractivity contribution < 1.29 is 0 Å². The molecule has 5 heteroatoms. The van der Waals surface area contributed by atoms with Gasteiger partial charge in [0.05, 0.1) is 0 Å². The summed E-state index contributed by atoms with van der Waals surface area (Å²) in [5, 5.41) is 5.31. The van der Waals surface area contributed by atoms with Crippen LogP contribution in [0, 0.1) is 0 Å². The molecule has 3 aromatic rings. The quantitative estimate of drug-likeness (QED) is 0.715. The maximum absolute atomic E-state index is 5.61. The highest BCUT2D eigenvalue weighted by Crippen LogP contribution is 2.23.